The van der Waals surface area contributed by atoms with Crippen LogP contribution in [0.2, 0.25) is 5.02 Å². The van der Waals surface area contributed by atoms with Gasteiger partial charge in [-0.25, -0.2) is 13.8 Å². The van der Waals surface area contributed by atoms with Gasteiger partial charge in [0.15, 0.2) is 11.6 Å². The van der Waals surface area contributed by atoms with Crippen LogP contribution in [0.25, 0.3) is 10.9 Å². The Kier molecular flexibility index (Phi) is 2.11. The second kappa shape index (κ2) is 3.39. The number of rotatable bonds is 1. The summed E-state index contributed by atoms with van der Waals surface area (Å²) >= 11 is 6.03. The van der Waals surface area contributed by atoms with E-state index in [1.807, 2.05) is 0 Å². The SMILES string of the molecule is Fc1ccc2c(Cl)cc(C3CC3)nc2c1F. The number of hydrogen-bond acceptors (Lipinski definition) is 1. The van der Waals surface area contributed by atoms with Crippen molar-refractivity contribution >= 4 is 22.5 Å². The molecule has 1 heterocycles. The summed E-state index contributed by atoms with van der Waals surface area (Å²) in [7, 11) is 0. The summed E-state index contributed by atoms with van der Waals surface area (Å²) in [5.74, 6) is -1.43. The Morgan fingerprint density at radius 3 is 2.69 bits per heavy atom. The van der Waals surface area contributed by atoms with Crippen LogP contribution in [-0.4, -0.2) is 4.98 Å². The quantitative estimate of drug-likeness (QED) is 0.732. The van der Waals surface area contributed by atoms with E-state index in [4.69, 9.17) is 11.6 Å². The predicted octanol–water partition coefficient (Wildman–Crippen LogP) is 4.04. The molecule has 3 rings (SSSR count). The molecule has 0 bridgehead atoms. The first-order valence-electron chi connectivity index (χ1n) is 5.11. The lowest BCUT2D eigenvalue weighted by Gasteiger charge is -2.05. The number of halogens is 3. The summed E-state index contributed by atoms with van der Waals surface area (Å²) in [6.45, 7) is 0. The highest BCUT2D eigenvalue weighted by molar-refractivity contribution is 6.35. The molecule has 0 unspecified atom stereocenters. The Hall–Kier alpha value is -1.22. The van der Waals surface area contributed by atoms with Crippen molar-refractivity contribution in [3.05, 3.63) is 40.6 Å². The van der Waals surface area contributed by atoms with Gasteiger partial charge < -0.3 is 0 Å². The second-order valence-electron chi connectivity index (χ2n) is 4.06. The monoisotopic (exact) mass is 239 g/mol. The third-order valence-corrected chi connectivity index (χ3v) is 3.15. The van der Waals surface area contributed by atoms with Crippen molar-refractivity contribution < 1.29 is 8.78 Å². The Balaban J connectivity index is 2.33. The van der Waals surface area contributed by atoms with Gasteiger partial charge in [0.25, 0.3) is 0 Å². The normalized spacial score (nSPS) is 15.7. The van der Waals surface area contributed by atoms with Crippen LogP contribution in [-0.2, 0) is 0 Å². The number of nitrogens with zero attached hydrogens (tertiary/aromatic N) is 1. The summed E-state index contributed by atoms with van der Waals surface area (Å²) in [4.78, 5) is 4.16. The molecule has 82 valence electrons. The van der Waals surface area contributed by atoms with E-state index in [0.29, 0.717) is 16.3 Å². The lowest BCUT2D eigenvalue weighted by molar-refractivity contribution is 0.515. The molecule has 0 N–H and O–H groups in total. The minimum absolute atomic E-state index is 0.0365. The van der Waals surface area contributed by atoms with E-state index in [1.165, 1.54) is 6.07 Å². The van der Waals surface area contributed by atoms with E-state index in [1.54, 1.807) is 6.07 Å². The molecule has 1 fully saturated rings. The Morgan fingerprint density at radius 1 is 1.25 bits per heavy atom. The molecule has 2 aromatic rings. The molecule has 4 heteroatoms. The molecule has 1 aromatic carbocycles. The first-order valence-corrected chi connectivity index (χ1v) is 5.49. The van der Waals surface area contributed by atoms with Crippen LogP contribution in [0, 0.1) is 11.6 Å². The smallest absolute Gasteiger partial charge is 0.185 e. The summed E-state index contributed by atoms with van der Waals surface area (Å²) < 4.78 is 26.6. The number of aromatic nitrogens is 1. The molecule has 0 saturated heterocycles. The minimum Gasteiger partial charge on any atom is -0.249 e. The lowest BCUT2D eigenvalue weighted by Crippen LogP contribution is -1.94. The van der Waals surface area contributed by atoms with Crippen molar-refractivity contribution in [1.29, 1.82) is 0 Å². The van der Waals surface area contributed by atoms with Crippen LogP contribution in [0.5, 0.6) is 0 Å². The van der Waals surface area contributed by atoms with Crippen LogP contribution in [0.3, 0.4) is 0 Å². The number of pyridine rings is 1. The molecular weight excluding hydrogens is 232 g/mol. The van der Waals surface area contributed by atoms with Gasteiger partial charge in [0.2, 0.25) is 0 Å². The average Bonchev–Trinajstić information content (AvgIpc) is 3.07. The van der Waals surface area contributed by atoms with Gasteiger partial charge in [0.1, 0.15) is 5.52 Å². The van der Waals surface area contributed by atoms with Crippen molar-refractivity contribution in [3.8, 4) is 0 Å². The van der Waals surface area contributed by atoms with Gasteiger partial charge in [-0.3, -0.25) is 0 Å². The molecule has 0 radical (unpaired) electrons. The van der Waals surface area contributed by atoms with Gasteiger partial charge in [-0.1, -0.05) is 11.6 Å². The van der Waals surface area contributed by atoms with E-state index in [2.05, 4.69) is 4.98 Å². The van der Waals surface area contributed by atoms with E-state index in [9.17, 15) is 8.78 Å². The lowest BCUT2D eigenvalue weighted by atomic mass is 10.1. The molecule has 0 aliphatic heterocycles. The highest BCUT2D eigenvalue weighted by Crippen LogP contribution is 2.41. The Bertz CT molecular complexity index is 579. The Morgan fingerprint density at radius 2 is 2.00 bits per heavy atom. The van der Waals surface area contributed by atoms with Gasteiger partial charge in [-0.2, -0.15) is 0 Å². The zero-order valence-electron chi connectivity index (χ0n) is 8.30. The molecule has 0 spiro atoms. The zero-order chi connectivity index (χ0) is 11.3. The van der Waals surface area contributed by atoms with Crippen LogP contribution in [0.1, 0.15) is 24.5 Å². The molecule has 1 aromatic heterocycles. The van der Waals surface area contributed by atoms with Crippen LogP contribution in [0.15, 0.2) is 18.2 Å². The Labute approximate surface area is 96.1 Å². The summed E-state index contributed by atoms with van der Waals surface area (Å²) in [6.07, 6.45) is 2.09. The molecular formula is C12H8ClF2N. The van der Waals surface area contributed by atoms with Crippen molar-refractivity contribution in [3.63, 3.8) is 0 Å². The van der Waals surface area contributed by atoms with E-state index >= 15 is 0 Å². The van der Waals surface area contributed by atoms with E-state index in [0.717, 1.165) is 24.6 Å². The molecule has 1 aliphatic carbocycles. The standard InChI is InChI=1S/C12H8ClF2N/c13-8-5-10(6-1-2-6)16-12-7(8)3-4-9(14)11(12)15/h3-6H,1-2H2. The maximum absolute atomic E-state index is 13.5. The predicted molar refractivity (Wildman–Crippen MR) is 58.6 cm³/mol. The van der Waals surface area contributed by atoms with Gasteiger partial charge in [0, 0.05) is 17.0 Å². The van der Waals surface area contributed by atoms with Crippen molar-refractivity contribution in [2.24, 2.45) is 0 Å². The highest BCUT2D eigenvalue weighted by atomic mass is 35.5. The molecule has 0 amide bonds. The third-order valence-electron chi connectivity index (χ3n) is 2.84. The van der Waals surface area contributed by atoms with Gasteiger partial charge in [-0.05, 0) is 31.0 Å². The van der Waals surface area contributed by atoms with Gasteiger partial charge in [0.05, 0.1) is 5.02 Å². The van der Waals surface area contributed by atoms with Crippen LogP contribution < -0.4 is 0 Å². The summed E-state index contributed by atoms with van der Waals surface area (Å²) in [5.41, 5.74) is 0.802. The summed E-state index contributed by atoms with van der Waals surface area (Å²) in [6, 6.07) is 4.28. The minimum atomic E-state index is -0.915. The maximum Gasteiger partial charge on any atom is 0.185 e. The van der Waals surface area contributed by atoms with Crippen molar-refractivity contribution in [1.82, 2.24) is 4.98 Å². The maximum atomic E-state index is 13.5. The van der Waals surface area contributed by atoms with Crippen LogP contribution in [0.4, 0.5) is 8.78 Å². The summed E-state index contributed by atoms with van der Waals surface area (Å²) in [5, 5.41) is 0.899. The second-order valence-corrected chi connectivity index (χ2v) is 4.47. The molecule has 1 aliphatic rings. The van der Waals surface area contributed by atoms with E-state index in [-0.39, 0.29) is 5.52 Å². The van der Waals surface area contributed by atoms with Crippen molar-refractivity contribution in [2.45, 2.75) is 18.8 Å². The molecule has 1 saturated carbocycles. The first kappa shape index (κ1) is 9.97. The number of hydrogen-bond donors (Lipinski definition) is 0. The van der Waals surface area contributed by atoms with Crippen molar-refractivity contribution in [2.75, 3.05) is 0 Å². The fourth-order valence-corrected chi connectivity index (χ4v) is 2.06. The third kappa shape index (κ3) is 1.47. The molecule has 16 heavy (non-hydrogen) atoms. The fraction of sp³-hybridized carbons (Fsp3) is 0.250. The molecule has 1 nitrogen and oxygen atoms in total. The first-order chi connectivity index (χ1) is 7.66. The fourth-order valence-electron chi connectivity index (χ4n) is 1.80. The zero-order valence-corrected chi connectivity index (χ0v) is 9.06. The van der Waals surface area contributed by atoms with Crippen LogP contribution >= 0.6 is 11.6 Å². The number of benzene rings is 1. The number of fused-ring (bicyclic) bond motifs is 1. The molecule has 0 atom stereocenters. The average molecular weight is 240 g/mol. The van der Waals surface area contributed by atoms with Gasteiger partial charge in [-0.15, -0.1) is 0 Å². The van der Waals surface area contributed by atoms with E-state index < -0.39 is 11.6 Å². The highest BCUT2D eigenvalue weighted by Gasteiger charge is 2.26. The largest absolute Gasteiger partial charge is 0.249 e. The van der Waals surface area contributed by atoms with Gasteiger partial charge >= 0.3 is 0 Å². The topological polar surface area (TPSA) is 12.9 Å².